The van der Waals surface area contributed by atoms with E-state index in [9.17, 15) is 19.1 Å². The van der Waals surface area contributed by atoms with Gasteiger partial charge in [-0.3, -0.25) is 4.79 Å². The lowest BCUT2D eigenvalue weighted by Gasteiger charge is -2.27. The van der Waals surface area contributed by atoms with Crippen molar-refractivity contribution in [2.45, 2.75) is 85.2 Å². The Morgan fingerprint density at radius 1 is 1.33 bits per heavy atom. The number of hydrogen-bond acceptors (Lipinski definition) is 6. The molecule has 3 N–H and O–H groups in total. The van der Waals surface area contributed by atoms with Crippen LogP contribution in [0, 0.1) is 17.2 Å². The van der Waals surface area contributed by atoms with E-state index in [0.29, 0.717) is 18.8 Å². The van der Waals surface area contributed by atoms with Crippen molar-refractivity contribution in [3.05, 3.63) is 25.1 Å². The Kier molecular flexibility index (Phi) is 24.5. The maximum Gasteiger partial charge on any atom is 0.333 e. The highest BCUT2D eigenvalue weighted by atomic mass is 19.1. The summed E-state index contributed by atoms with van der Waals surface area (Å²) >= 11 is 0. The summed E-state index contributed by atoms with van der Waals surface area (Å²) in [5, 5.41) is 23.1. The second kappa shape index (κ2) is 22.9. The molecule has 9 heteroatoms. The third-order valence-corrected chi connectivity index (χ3v) is 4.40. The van der Waals surface area contributed by atoms with Crippen LogP contribution < -0.4 is 10.6 Å². The third kappa shape index (κ3) is 22.7. The molecule has 0 saturated carbocycles. The van der Waals surface area contributed by atoms with Crippen LogP contribution in [0.3, 0.4) is 0 Å². The van der Waals surface area contributed by atoms with Crippen molar-refractivity contribution in [1.29, 1.82) is 5.26 Å². The first kappa shape index (κ1) is 35.3. The fraction of sp³-hybridized carbons (Fsp3) is 0.708. The Labute approximate surface area is 199 Å². The van der Waals surface area contributed by atoms with Crippen LogP contribution in [0.25, 0.3) is 0 Å². The number of carboxylic acid groups (broad SMARTS) is 1. The van der Waals surface area contributed by atoms with Crippen molar-refractivity contribution in [2.75, 3.05) is 20.2 Å². The number of carbonyl (C=O) groups is 2. The molecule has 3 atom stereocenters. The molecule has 0 saturated heterocycles. The number of aliphatic carboxylic acids is 1. The van der Waals surface area contributed by atoms with Gasteiger partial charge in [-0.05, 0) is 45.7 Å². The minimum Gasteiger partial charge on any atom is -0.479 e. The molecule has 0 radical (unpaired) electrons. The molecule has 0 spiro atoms. The van der Waals surface area contributed by atoms with Gasteiger partial charge in [0.05, 0.1) is 25.2 Å². The highest BCUT2D eigenvalue weighted by molar-refractivity contribution is 5.83. The van der Waals surface area contributed by atoms with Crippen LogP contribution in [-0.4, -0.2) is 55.1 Å². The standard InChI is InChI=1S/C18H34N2O5.C4H4FN.C2H6/c1-7-13(3)19-10-9-14(8-2)12-20-16(21)11-15(17(22)23)25-18(4,5)24-6;5-3-1-2-4-6;1-2/h7,13-15,19H,1,8-12H2,2-6H3,(H,20,21)(H,22,23);1,3H,2H2;1-2H3/b;3-1+;/t13?,14?,15-;;/m1../s1. The van der Waals surface area contributed by atoms with Gasteiger partial charge in [-0.1, -0.05) is 33.3 Å². The van der Waals surface area contributed by atoms with E-state index in [1.165, 1.54) is 7.11 Å². The number of halogens is 1. The normalized spacial score (nSPS) is 13.3. The second-order valence-corrected chi connectivity index (χ2v) is 7.32. The van der Waals surface area contributed by atoms with Gasteiger partial charge in [0.1, 0.15) is 0 Å². The Bertz CT molecular complexity index is 591. The van der Waals surface area contributed by atoms with Crippen LogP contribution in [0.15, 0.2) is 25.1 Å². The zero-order chi connectivity index (χ0) is 26.3. The molecule has 1 amide bonds. The molecular formula is C24H44FN3O5. The number of nitriles is 1. The van der Waals surface area contributed by atoms with E-state index in [2.05, 4.69) is 24.1 Å². The molecule has 0 fully saturated rings. The summed E-state index contributed by atoms with van der Waals surface area (Å²) in [7, 11) is 1.42. The van der Waals surface area contributed by atoms with E-state index in [-0.39, 0.29) is 24.8 Å². The number of allylic oxidation sites excluding steroid dienone is 1. The summed E-state index contributed by atoms with van der Waals surface area (Å²) in [5.41, 5.74) is 0. The van der Waals surface area contributed by atoms with Gasteiger partial charge in [-0.15, -0.1) is 6.58 Å². The number of amides is 1. The van der Waals surface area contributed by atoms with Crippen molar-refractivity contribution >= 4 is 11.9 Å². The first-order chi connectivity index (χ1) is 15.6. The number of methoxy groups -OCH3 is 1. The predicted octanol–water partition coefficient (Wildman–Crippen LogP) is 4.33. The molecule has 0 heterocycles. The lowest BCUT2D eigenvalue weighted by atomic mass is 10.0. The summed E-state index contributed by atoms with van der Waals surface area (Å²) in [6.45, 7) is 16.4. The smallest absolute Gasteiger partial charge is 0.333 e. The van der Waals surface area contributed by atoms with Crippen molar-refractivity contribution in [2.24, 2.45) is 5.92 Å². The van der Waals surface area contributed by atoms with Gasteiger partial charge in [-0.25, -0.2) is 9.18 Å². The molecule has 0 aliphatic rings. The second-order valence-electron chi connectivity index (χ2n) is 7.32. The van der Waals surface area contributed by atoms with E-state index in [0.717, 1.165) is 25.5 Å². The average Bonchev–Trinajstić information content (AvgIpc) is 2.80. The van der Waals surface area contributed by atoms with E-state index >= 15 is 0 Å². The molecule has 0 aliphatic carbocycles. The first-order valence-electron chi connectivity index (χ1n) is 11.3. The third-order valence-electron chi connectivity index (χ3n) is 4.40. The molecular weight excluding hydrogens is 429 g/mol. The number of rotatable bonds is 15. The van der Waals surface area contributed by atoms with Gasteiger partial charge in [0.25, 0.3) is 0 Å². The van der Waals surface area contributed by atoms with Crippen LogP contribution in [-0.2, 0) is 19.1 Å². The minimum atomic E-state index is -1.25. The van der Waals surface area contributed by atoms with Gasteiger partial charge in [0.15, 0.2) is 11.9 Å². The fourth-order valence-electron chi connectivity index (χ4n) is 2.22. The molecule has 0 aromatic carbocycles. The van der Waals surface area contributed by atoms with Crippen LogP contribution >= 0.6 is 0 Å². The van der Waals surface area contributed by atoms with Crippen LogP contribution in [0.5, 0.6) is 0 Å². The predicted molar refractivity (Wildman–Crippen MR) is 129 cm³/mol. The van der Waals surface area contributed by atoms with Crippen LogP contribution in [0.2, 0.25) is 0 Å². The highest BCUT2D eigenvalue weighted by Gasteiger charge is 2.30. The van der Waals surface area contributed by atoms with Gasteiger partial charge in [0, 0.05) is 19.7 Å². The quantitative estimate of drug-likeness (QED) is 0.239. The van der Waals surface area contributed by atoms with Crippen molar-refractivity contribution in [3.63, 3.8) is 0 Å². The van der Waals surface area contributed by atoms with Crippen molar-refractivity contribution < 1.29 is 28.6 Å². The summed E-state index contributed by atoms with van der Waals surface area (Å²) in [6.07, 6.45) is 3.88. The van der Waals surface area contributed by atoms with E-state index in [1.54, 1.807) is 19.9 Å². The van der Waals surface area contributed by atoms with Gasteiger partial charge in [0.2, 0.25) is 5.91 Å². The number of nitrogens with zero attached hydrogens (tertiary/aromatic N) is 1. The molecule has 8 nitrogen and oxygen atoms in total. The first-order valence-corrected chi connectivity index (χ1v) is 11.3. The molecule has 0 aromatic heterocycles. The van der Waals surface area contributed by atoms with Crippen LogP contribution in [0.1, 0.15) is 67.2 Å². The monoisotopic (exact) mass is 473 g/mol. The molecule has 2 unspecified atom stereocenters. The number of ether oxygens (including phenoxy) is 2. The van der Waals surface area contributed by atoms with E-state index in [1.807, 2.05) is 26.8 Å². The van der Waals surface area contributed by atoms with Gasteiger partial charge < -0.3 is 25.2 Å². The minimum absolute atomic E-state index is 0.163. The lowest BCUT2D eigenvalue weighted by molar-refractivity contribution is -0.228. The average molecular weight is 474 g/mol. The molecule has 0 aliphatic heterocycles. The maximum atomic E-state index is 12.1. The Balaban J connectivity index is -0.000000965. The number of nitrogens with one attached hydrogen (secondary N) is 2. The number of carbonyl (C=O) groups excluding carboxylic acids is 1. The molecule has 0 bridgehead atoms. The highest BCUT2D eigenvalue weighted by Crippen LogP contribution is 2.15. The lowest BCUT2D eigenvalue weighted by Crippen LogP contribution is -2.41. The summed E-state index contributed by atoms with van der Waals surface area (Å²) in [4.78, 5) is 23.3. The van der Waals surface area contributed by atoms with E-state index in [4.69, 9.17) is 14.7 Å². The topological polar surface area (TPSA) is 121 Å². The number of hydrogen-bond donors (Lipinski definition) is 3. The largest absolute Gasteiger partial charge is 0.479 e. The van der Waals surface area contributed by atoms with Crippen molar-refractivity contribution in [3.8, 4) is 6.07 Å². The zero-order valence-electron chi connectivity index (χ0n) is 21.3. The zero-order valence-corrected chi connectivity index (χ0v) is 21.3. The summed E-state index contributed by atoms with van der Waals surface area (Å²) in [5.74, 6) is -2.27. The number of carboxylic acids is 1. The summed E-state index contributed by atoms with van der Waals surface area (Å²) in [6, 6.07) is 2.00. The molecule has 0 rings (SSSR count). The molecule has 0 aromatic rings. The maximum absolute atomic E-state index is 12.1. The van der Waals surface area contributed by atoms with Crippen molar-refractivity contribution in [1.82, 2.24) is 10.6 Å². The Hall–Kier alpha value is -2.28. The molecule has 33 heavy (non-hydrogen) atoms. The van der Waals surface area contributed by atoms with Gasteiger partial charge in [-0.2, -0.15) is 5.26 Å². The fourth-order valence-corrected chi connectivity index (χ4v) is 2.22. The summed E-state index contributed by atoms with van der Waals surface area (Å²) < 4.78 is 21.3. The Morgan fingerprint density at radius 3 is 2.33 bits per heavy atom. The van der Waals surface area contributed by atoms with Crippen LogP contribution in [0.4, 0.5) is 4.39 Å². The van der Waals surface area contributed by atoms with Gasteiger partial charge >= 0.3 is 5.97 Å². The Morgan fingerprint density at radius 2 is 1.94 bits per heavy atom. The van der Waals surface area contributed by atoms with E-state index < -0.39 is 17.9 Å². The molecule has 192 valence electrons. The SMILES string of the molecule is C=CC(C)NCCC(CC)CNC(=O)C[C@@H](OC(C)(C)OC)C(=O)O.CC.N#CC/C=C/F.